The van der Waals surface area contributed by atoms with Gasteiger partial charge in [0, 0.05) is 22.3 Å². The summed E-state index contributed by atoms with van der Waals surface area (Å²) in [5.74, 6) is 0. The molecule has 1 aliphatic rings. The fourth-order valence-corrected chi connectivity index (χ4v) is 1.70. The van der Waals surface area contributed by atoms with Crippen molar-refractivity contribution in [2.45, 2.75) is 6.54 Å². The lowest BCUT2D eigenvalue weighted by atomic mass is 10.1. The van der Waals surface area contributed by atoms with E-state index >= 15 is 0 Å². The molecule has 4 heteroatoms. The van der Waals surface area contributed by atoms with Gasteiger partial charge in [-0.05, 0) is 12.1 Å². The predicted octanol–water partition coefficient (Wildman–Crippen LogP) is 2.08. The number of rotatable bonds is 0. The first-order valence-corrected chi connectivity index (χ1v) is 4.39. The molecule has 0 fully saturated rings. The lowest BCUT2D eigenvalue weighted by molar-refractivity contribution is 0.251. The second kappa shape index (κ2) is 2.79. The van der Waals surface area contributed by atoms with Gasteiger partial charge in [0.1, 0.15) is 0 Å². The van der Waals surface area contributed by atoms with E-state index in [4.69, 9.17) is 0 Å². The molecule has 1 aromatic rings. The van der Waals surface area contributed by atoms with Gasteiger partial charge in [-0.25, -0.2) is 4.79 Å². The Labute approximate surface area is 78.3 Å². The molecule has 0 bridgehead atoms. The van der Waals surface area contributed by atoms with E-state index in [-0.39, 0.29) is 6.03 Å². The number of halogens is 1. The zero-order valence-electron chi connectivity index (χ0n) is 6.23. The zero-order chi connectivity index (χ0) is 8.55. The van der Waals surface area contributed by atoms with Crippen LogP contribution in [0.5, 0.6) is 0 Å². The molecule has 62 valence electrons. The summed E-state index contributed by atoms with van der Waals surface area (Å²) in [7, 11) is 0. The lowest BCUT2D eigenvalue weighted by Gasteiger charge is -2.18. The minimum absolute atomic E-state index is 0.138. The second-order valence-electron chi connectivity index (χ2n) is 2.57. The third-order valence-electron chi connectivity index (χ3n) is 1.79. The fourth-order valence-electron chi connectivity index (χ4n) is 1.19. The molecule has 0 saturated heterocycles. The maximum atomic E-state index is 10.9. The van der Waals surface area contributed by atoms with Gasteiger partial charge in [0.15, 0.2) is 0 Å². The van der Waals surface area contributed by atoms with Crippen LogP contribution in [-0.4, -0.2) is 6.03 Å². The maximum Gasteiger partial charge on any atom is 0.319 e. The van der Waals surface area contributed by atoms with Gasteiger partial charge in [-0.2, -0.15) is 0 Å². The van der Waals surface area contributed by atoms with Crippen molar-refractivity contribution in [3.8, 4) is 0 Å². The van der Waals surface area contributed by atoms with E-state index in [9.17, 15) is 4.79 Å². The lowest BCUT2D eigenvalue weighted by Crippen LogP contribution is -2.33. The van der Waals surface area contributed by atoms with Crippen molar-refractivity contribution in [1.82, 2.24) is 5.32 Å². The summed E-state index contributed by atoms with van der Waals surface area (Å²) in [4.78, 5) is 10.9. The highest BCUT2D eigenvalue weighted by Gasteiger charge is 2.14. The van der Waals surface area contributed by atoms with Crippen molar-refractivity contribution >= 4 is 27.6 Å². The van der Waals surface area contributed by atoms with Crippen molar-refractivity contribution in [3.05, 3.63) is 28.2 Å². The number of hydrogen-bond donors (Lipinski definition) is 2. The van der Waals surface area contributed by atoms with Gasteiger partial charge in [-0.3, -0.25) is 0 Å². The quantitative estimate of drug-likeness (QED) is 0.699. The molecule has 0 unspecified atom stereocenters. The minimum Gasteiger partial charge on any atom is -0.334 e. The van der Waals surface area contributed by atoms with Crippen LogP contribution >= 0.6 is 15.9 Å². The van der Waals surface area contributed by atoms with Crippen LogP contribution in [0.4, 0.5) is 10.5 Å². The van der Waals surface area contributed by atoms with E-state index < -0.39 is 0 Å². The smallest absolute Gasteiger partial charge is 0.319 e. The van der Waals surface area contributed by atoms with Crippen molar-refractivity contribution in [3.63, 3.8) is 0 Å². The van der Waals surface area contributed by atoms with Gasteiger partial charge in [0.05, 0.1) is 0 Å². The van der Waals surface area contributed by atoms with Crippen LogP contribution in [0.3, 0.4) is 0 Å². The number of benzene rings is 1. The number of hydrogen-bond acceptors (Lipinski definition) is 1. The Kier molecular flexibility index (Phi) is 1.77. The summed E-state index contributed by atoms with van der Waals surface area (Å²) in [6.07, 6.45) is 0. The Morgan fingerprint density at radius 1 is 1.42 bits per heavy atom. The van der Waals surface area contributed by atoms with E-state index in [0.29, 0.717) is 6.54 Å². The molecule has 2 rings (SSSR count). The normalized spacial score (nSPS) is 14.6. The number of amides is 2. The number of anilines is 1. The van der Waals surface area contributed by atoms with Crippen molar-refractivity contribution < 1.29 is 4.79 Å². The van der Waals surface area contributed by atoms with Gasteiger partial charge in [0.2, 0.25) is 0 Å². The standard InChI is InChI=1S/C8H7BrN2O/c9-6-2-1-3-7-5(6)4-10-8(12)11-7/h1-3H,4H2,(H2,10,11,12). The molecule has 0 aromatic heterocycles. The molecule has 2 amide bonds. The topological polar surface area (TPSA) is 41.1 Å². The Bertz CT molecular complexity index is 338. The first kappa shape index (κ1) is 7.61. The second-order valence-corrected chi connectivity index (χ2v) is 3.43. The van der Waals surface area contributed by atoms with Crippen LogP contribution in [0, 0.1) is 0 Å². The molecule has 0 radical (unpaired) electrons. The van der Waals surface area contributed by atoms with Gasteiger partial charge in [0.25, 0.3) is 0 Å². The molecule has 0 spiro atoms. The van der Waals surface area contributed by atoms with Crippen LogP contribution in [0.15, 0.2) is 22.7 Å². The molecule has 0 aliphatic carbocycles. The molecular formula is C8H7BrN2O. The highest BCUT2D eigenvalue weighted by Crippen LogP contribution is 2.26. The van der Waals surface area contributed by atoms with E-state index in [1.165, 1.54) is 0 Å². The molecule has 1 heterocycles. The summed E-state index contributed by atoms with van der Waals surface area (Å²) in [6, 6.07) is 5.60. The van der Waals surface area contributed by atoms with E-state index in [1.54, 1.807) is 0 Å². The average Bonchev–Trinajstić information content (AvgIpc) is 2.04. The van der Waals surface area contributed by atoms with Gasteiger partial charge >= 0.3 is 6.03 Å². The molecule has 1 aromatic carbocycles. The Balaban J connectivity index is 2.48. The first-order valence-electron chi connectivity index (χ1n) is 3.59. The largest absolute Gasteiger partial charge is 0.334 e. The predicted molar refractivity (Wildman–Crippen MR) is 50.0 cm³/mol. The summed E-state index contributed by atoms with van der Waals surface area (Å²) in [6.45, 7) is 0.586. The summed E-state index contributed by atoms with van der Waals surface area (Å²) < 4.78 is 1.02. The number of urea groups is 1. The molecule has 1 aliphatic heterocycles. The molecular weight excluding hydrogens is 220 g/mol. The summed E-state index contributed by atoms with van der Waals surface area (Å²) >= 11 is 3.41. The average molecular weight is 227 g/mol. The minimum atomic E-state index is -0.138. The molecule has 0 atom stereocenters. The van der Waals surface area contributed by atoms with Crippen molar-refractivity contribution in [1.29, 1.82) is 0 Å². The Hall–Kier alpha value is -1.03. The SMILES string of the molecule is O=C1NCc2c(Br)cccc2N1. The van der Waals surface area contributed by atoms with Crippen LogP contribution in [0.1, 0.15) is 5.56 Å². The first-order chi connectivity index (χ1) is 5.77. The van der Waals surface area contributed by atoms with Crippen LogP contribution in [0.2, 0.25) is 0 Å². The van der Waals surface area contributed by atoms with Crippen LogP contribution in [-0.2, 0) is 6.54 Å². The monoisotopic (exact) mass is 226 g/mol. The number of carbonyl (C=O) groups is 1. The fraction of sp³-hybridized carbons (Fsp3) is 0.125. The third-order valence-corrected chi connectivity index (χ3v) is 2.54. The van der Waals surface area contributed by atoms with E-state index in [0.717, 1.165) is 15.7 Å². The number of carbonyl (C=O) groups excluding carboxylic acids is 1. The molecule has 2 N–H and O–H groups in total. The number of nitrogens with one attached hydrogen (secondary N) is 2. The third kappa shape index (κ3) is 1.18. The highest BCUT2D eigenvalue weighted by molar-refractivity contribution is 9.10. The molecule has 0 saturated carbocycles. The van der Waals surface area contributed by atoms with Gasteiger partial charge in [-0.1, -0.05) is 22.0 Å². The van der Waals surface area contributed by atoms with Gasteiger partial charge < -0.3 is 10.6 Å². The zero-order valence-corrected chi connectivity index (χ0v) is 7.81. The van der Waals surface area contributed by atoms with Gasteiger partial charge in [-0.15, -0.1) is 0 Å². The van der Waals surface area contributed by atoms with Crippen molar-refractivity contribution in [2.75, 3.05) is 5.32 Å². The summed E-state index contributed by atoms with van der Waals surface area (Å²) in [5, 5.41) is 5.42. The Morgan fingerprint density at radius 2 is 2.25 bits per heavy atom. The van der Waals surface area contributed by atoms with Crippen LogP contribution in [0.25, 0.3) is 0 Å². The van der Waals surface area contributed by atoms with E-state index in [2.05, 4.69) is 26.6 Å². The van der Waals surface area contributed by atoms with E-state index in [1.807, 2.05) is 18.2 Å². The Morgan fingerprint density at radius 3 is 3.08 bits per heavy atom. The molecule has 12 heavy (non-hydrogen) atoms. The maximum absolute atomic E-state index is 10.9. The molecule has 3 nitrogen and oxygen atoms in total. The summed E-state index contributed by atoms with van der Waals surface area (Å²) in [5.41, 5.74) is 1.98. The number of fused-ring (bicyclic) bond motifs is 1. The van der Waals surface area contributed by atoms with Crippen molar-refractivity contribution in [2.24, 2.45) is 0 Å². The van der Waals surface area contributed by atoms with Crippen LogP contribution < -0.4 is 10.6 Å². The highest BCUT2D eigenvalue weighted by atomic mass is 79.9.